The molecule has 0 aliphatic rings. The lowest BCUT2D eigenvalue weighted by atomic mass is 10.1. The number of aliphatic carboxylic acids is 1. The number of methoxy groups -OCH3 is 1. The van der Waals surface area contributed by atoms with Crippen molar-refractivity contribution in [3.63, 3.8) is 0 Å². The third-order valence-corrected chi connectivity index (χ3v) is 3.97. The van der Waals surface area contributed by atoms with Crippen molar-refractivity contribution in [2.45, 2.75) is 0 Å². The monoisotopic (exact) mass is 407 g/mol. The molecule has 1 N–H and O–H groups in total. The molecule has 0 spiro atoms. The molecule has 0 atom stereocenters. The predicted molar refractivity (Wildman–Crippen MR) is 109 cm³/mol. The molecule has 0 fully saturated rings. The first kappa shape index (κ1) is 20.4. The second-order valence-corrected chi connectivity index (χ2v) is 5.95. The number of hydrogen-bond acceptors (Lipinski definition) is 6. The number of benzene rings is 3. The van der Waals surface area contributed by atoms with Crippen molar-refractivity contribution in [1.82, 2.24) is 0 Å². The van der Waals surface area contributed by atoms with Crippen LogP contribution in [0.5, 0.6) is 23.0 Å². The molecule has 30 heavy (non-hydrogen) atoms. The van der Waals surface area contributed by atoms with Gasteiger partial charge in [-0.05, 0) is 36.4 Å². The maximum Gasteiger partial charge on any atom is 0.332 e. The highest BCUT2D eigenvalue weighted by atomic mass is 16.6. The van der Waals surface area contributed by atoms with Crippen LogP contribution in [0.1, 0.15) is 5.56 Å². The van der Waals surface area contributed by atoms with Gasteiger partial charge in [-0.2, -0.15) is 0 Å². The van der Waals surface area contributed by atoms with E-state index in [-0.39, 0.29) is 11.4 Å². The van der Waals surface area contributed by atoms with Crippen LogP contribution < -0.4 is 9.47 Å². The van der Waals surface area contributed by atoms with Crippen LogP contribution in [0, 0.1) is 10.1 Å². The standard InChI is InChI=1S/C22H17NO7/c1-28-21(14-22(24)25)17-6-2-3-7-18(17)30-20-9-5-4-8-19(20)29-16-12-10-15(11-13-16)23(26)27/h2-14H,1H3,(H,24,25)/b21-14-. The summed E-state index contributed by atoms with van der Waals surface area (Å²) < 4.78 is 17.0. The van der Waals surface area contributed by atoms with Gasteiger partial charge in [-0.25, -0.2) is 4.79 Å². The lowest BCUT2D eigenvalue weighted by molar-refractivity contribution is -0.384. The summed E-state index contributed by atoms with van der Waals surface area (Å²) in [6.07, 6.45) is 0.946. The summed E-state index contributed by atoms with van der Waals surface area (Å²) in [5.74, 6) is 0.492. The van der Waals surface area contributed by atoms with Gasteiger partial charge in [-0.15, -0.1) is 0 Å². The van der Waals surface area contributed by atoms with Crippen molar-refractivity contribution >= 4 is 17.4 Å². The summed E-state index contributed by atoms with van der Waals surface area (Å²) in [5.41, 5.74) is 0.408. The molecule has 8 heteroatoms. The number of carbonyl (C=O) groups is 1. The summed E-state index contributed by atoms with van der Waals surface area (Å²) in [5, 5.41) is 19.9. The molecule has 3 aromatic rings. The first-order valence-corrected chi connectivity index (χ1v) is 8.75. The van der Waals surface area contributed by atoms with Gasteiger partial charge < -0.3 is 19.3 Å². The second-order valence-electron chi connectivity index (χ2n) is 5.95. The molecular weight excluding hydrogens is 390 g/mol. The van der Waals surface area contributed by atoms with Gasteiger partial charge in [0.15, 0.2) is 11.5 Å². The van der Waals surface area contributed by atoms with Gasteiger partial charge >= 0.3 is 5.97 Å². The van der Waals surface area contributed by atoms with E-state index in [1.54, 1.807) is 48.5 Å². The summed E-state index contributed by atoms with van der Waals surface area (Å²) in [7, 11) is 1.37. The minimum absolute atomic E-state index is 0.0434. The molecule has 0 amide bonds. The highest BCUT2D eigenvalue weighted by Gasteiger charge is 2.14. The number of rotatable bonds is 8. The van der Waals surface area contributed by atoms with Gasteiger partial charge in [-0.3, -0.25) is 10.1 Å². The molecule has 0 heterocycles. The van der Waals surface area contributed by atoms with Gasteiger partial charge in [0.05, 0.1) is 23.7 Å². The highest BCUT2D eigenvalue weighted by Crippen LogP contribution is 2.37. The largest absolute Gasteiger partial charge is 0.496 e. The van der Waals surface area contributed by atoms with Crippen molar-refractivity contribution in [1.29, 1.82) is 0 Å². The number of carboxylic acid groups (broad SMARTS) is 1. The average Bonchev–Trinajstić information content (AvgIpc) is 2.74. The fourth-order valence-electron chi connectivity index (χ4n) is 2.62. The van der Waals surface area contributed by atoms with E-state index in [2.05, 4.69) is 0 Å². The number of nitrogens with zero attached hydrogens (tertiary/aromatic N) is 1. The third-order valence-electron chi connectivity index (χ3n) is 3.97. The van der Waals surface area contributed by atoms with Crippen LogP contribution in [-0.4, -0.2) is 23.1 Å². The molecular formula is C22H17NO7. The molecule has 0 aliphatic heterocycles. The number of carboxylic acids is 1. The van der Waals surface area contributed by atoms with Gasteiger partial charge in [0.2, 0.25) is 0 Å². The van der Waals surface area contributed by atoms with E-state index in [0.29, 0.717) is 28.6 Å². The molecule has 0 saturated heterocycles. The van der Waals surface area contributed by atoms with Gasteiger partial charge in [0.1, 0.15) is 17.3 Å². The lowest BCUT2D eigenvalue weighted by Crippen LogP contribution is -1.98. The topological polar surface area (TPSA) is 108 Å². The van der Waals surface area contributed by atoms with E-state index < -0.39 is 10.9 Å². The van der Waals surface area contributed by atoms with Crippen molar-refractivity contribution in [2.24, 2.45) is 0 Å². The Hall–Kier alpha value is -4.33. The van der Waals surface area contributed by atoms with Crippen molar-refractivity contribution in [3.05, 3.63) is 94.6 Å². The van der Waals surface area contributed by atoms with Crippen LogP contribution in [0.15, 0.2) is 78.9 Å². The Morgan fingerprint density at radius 3 is 2.03 bits per heavy atom. The molecule has 0 unspecified atom stereocenters. The van der Waals surface area contributed by atoms with Crippen LogP contribution >= 0.6 is 0 Å². The Bertz CT molecular complexity index is 1090. The quantitative estimate of drug-likeness (QED) is 0.235. The summed E-state index contributed by atoms with van der Waals surface area (Å²) in [4.78, 5) is 21.4. The zero-order chi connectivity index (χ0) is 21.5. The van der Waals surface area contributed by atoms with Crippen LogP contribution in [0.4, 0.5) is 5.69 Å². The molecule has 8 nitrogen and oxygen atoms in total. The van der Waals surface area contributed by atoms with Crippen LogP contribution in [0.25, 0.3) is 5.76 Å². The van der Waals surface area contributed by atoms with Gasteiger partial charge in [0, 0.05) is 12.1 Å². The predicted octanol–water partition coefficient (Wildman–Crippen LogP) is 5.25. The fraction of sp³-hybridized carbons (Fsp3) is 0.0455. The van der Waals surface area contributed by atoms with E-state index in [1.165, 1.54) is 31.4 Å². The zero-order valence-electron chi connectivity index (χ0n) is 15.8. The number of nitro groups is 1. The Kier molecular flexibility index (Phi) is 6.29. The third kappa shape index (κ3) is 4.93. The van der Waals surface area contributed by atoms with E-state index in [4.69, 9.17) is 19.3 Å². The summed E-state index contributed by atoms with van der Waals surface area (Å²) in [6.45, 7) is 0. The SMILES string of the molecule is CO/C(=C\C(=O)O)c1ccccc1Oc1ccccc1Oc1ccc([N+](=O)[O-])cc1. The zero-order valence-corrected chi connectivity index (χ0v) is 15.8. The number of hydrogen-bond donors (Lipinski definition) is 1. The first-order chi connectivity index (χ1) is 14.5. The lowest BCUT2D eigenvalue weighted by Gasteiger charge is -2.15. The van der Waals surface area contributed by atoms with Crippen LogP contribution in [0.2, 0.25) is 0 Å². The van der Waals surface area contributed by atoms with Crippen molar-refractivity contribution in [2.75, 3.05) is 7.11 Å². The highest BCUT2D eigenvalue weighted by molar-refractivity contribution is 5.89. The Morgan fingerprint density at radius 1 is 0.900 bits per heavy atom. The summed E-state index contributed by atoms with van der Waals surface area (Å²) >= 11 is 0. The average molecular weight is 407 g/mol. The smallest absolute Gasteiger partial charge is 0.332 e. The first-order valence-electron chi connectivity index (χ1n) is 8.75. The minimum Gasteiger partial charge on any atom is -0.496 e. The van der Waals surface area contributed by atoms with Crippen LogP contribution in [-0.2, 0) is 9.53 Å². The molecule has 152 valence electrons. The van der Waals surface area contributed by atoms with Crippen molar-refractivity contribution in [3.8, 4) is 23.0 Å². The Morgan fingerprint density at radius 2 is 1.47 bits per heavy atom. The Labute approximate surface area is 171 Å². The van der Waals surface area contributed by atoms with Crippen LogP contribution in [0.3, 0.4) is 0 Å². The molecule has 3 aromatic carbocycles. The Balaban J connectivity index is 1.91. The maximum atomic E-state index is 11.1. The number of para-hydroxylation sites is 3. The van der Waals surface area contributed by atoms with Gasteiger partial charge in [0.25, 0.3) is 5.69 Å². The molecule has 0 bridgehead atoms. The molecule has 0 aliphatic carbocycles. The molecule has 0 aromatic heterocycles. The van der Waals surface area contributed by atoms with Gasteiger partial charge in [-0.1, -0.05) is 24.3 Å². The fourth-order valence-corrected chi connectivity index (χ4v) is 2.62. The molecule has 0 radical (unpaired) electrons. The van der Waals surface area contributed by atoms with E-state index >= 15 is 0 Å². The summed E-state index contributed by atoms with van der Waals surface area (Å²) in [6, 6.07) is 19.4. The number of nitro benzene ring substituents is 1. The van der Waals surface area contributed by atoms with E-state index in [9.17, 15) is 14.9 Å². The van der Waals surface area contributed by atoms with Crippen molar-refractivity contribution < 1.29 is 29.0 Å². The normalized spacial score (nSPS) is 10.9. The molecule has 3 rings (SSSR count). The number of ether oxygens (including phenoxy) is 3. The second kappa shape index (κ2) is 9.24. The van der Waals surface area contributed by atoms with E-state index in [0.717, 1.165) is 6.08 Å². The minimum atomic E-state index is -1.15. The molecule has 0 saturated carbocycles. The number of non-ortho nitro benzene ring substituents is 1. The maximum absolute atomic E-state index is 11.1. The van der Waals surface area contributed by atoms with E-state index in [1.807, 2.05) is 0 Å².